The highest BCUT2D eigenvalue weighted by Gasteiger charge is 2.20. The van der Waals surface area contributed by atoms with E-state index in [2.05, 4.69) is 31.3 Å². The molecule has 0 heterocycles. The van der Waals surface area contributed by atoms with E-state index in [9.17, 15) is 19.8 Å². The molecule has 0 aromatic rings. The van der Waals surface area contributed by atoms with Gasteiger partial charge in [-0.25, -0.2) is 0 Å². The average Bonchev–Trinajstić information content (AvgIpc) is 3.48. The topological polar surface area (TPSA) is 95.9 Å². The van der Waals surface area contributed by atoms with Crippen molar-refractivity contribution in [1.82, 2.24) is 5.32 Å². The molecule has 0 aromatic carbocycles. The van der Waals surface area contributed by atoms with Crippen molar-refractivity contribution in [3.05, 3.63) is 12.2 Å². The molecule has 6 nitrogen and oxygen atoms in total. The van der Waals surface area contributed by atoms with Crippen LogP contribution in [0, 0.1) is 0 Å². The van der Waals surface area contributed by atoms with Gasteiger partial charge < -0.3 is 20.3 Å². The number of rotatable bonds is 72. The highest BCUT2D eigenvalue weighted by Crippen LogP contribution is 2.20. The van der Waals surface area contributed by atoms with Gasteiger partial charge in [-0.05, 0) is 51.4 Å². The van der Waals surface area contributed by atoms with Crippen LogP contribution in [-0.4, -0.2) is 47.4 Å². The first-order chi connectivity index (χ1) is 40.5. The van der Waals surface area contributed by atoms with E-state index in [1.807, 2.05) is 0 Å². The molecule has 0 aliphatic rings. The van der Waals surface area contributed by atoms with E-state index in [-0.39, 0.29) is 18.5 Å². The molecule has 488 valence electrons. The Bertz CT molecular complexity index is 1240. The predicted molar refractivity (Wildman–Crippen MR) is 361 cm³/mol. The maximum absolute atomic E-state index is 12.5. The maximum Gasteiger partial charge on any atom is 0.305 e. The molecule has 0 saturated heterocycles. The summed E-state index contributed by atoms with van der Waals surface area (Å²) in [6.45, 7) is 4.98. The summed E-state index contributed by atoms with van der Waals surface area (Å²) in [5.41, 5.74) is 0. The summed E-state index contributed by atoms with van der Waals surface area (Å²) in [4.78, 5) is 24.6. The van der Waals surface area contributed by atoms with Gasteiger partial charge in [-0.2, -0.15) is 0 Å². The van der Waals surface area contributed by atoms with Gasteiger partial charge in [0.1, 0.15) is 0 Å². The zero-order valence-electron chi connectivity index (χ0n) is 56.0. The summed E-state index contributed by atoms with van der Waals surface area (Å²) in [6.07, 6.45) is 90.3. The second-order valence-electron chi connectivity index (χ2n) is 26.3. The van der Waals surface area contributed by atoms with Crippen LogP contribution in [0.4, 0.5) is 0 Å². The van der Waals surface area contributed by atoms with Gasteiger partial charge in [0.05, 0.1) is 25.4 Å². The molecule has 0 rings (SSSR count). The highest BCUT2D eigenvalue weighted by atomic mass is 16.5. The molecule has 1 amide bonds. The van der Waals surface area contributed by atoms with Gasteiger partial charge >= 0.3 is 5.97 Å². The van der Waals surface area contributed by atoms with Gasteiger partial charge in [0.25, 0.3) is 0 Å². The number of aliphatic hydroxyl groups excluding tert-OH is 2. The van der Waals surface area contributed by atoms with Crippen LogP contribution in [0.15, 0.2) is 12.2 Å². The van der Waals surface area contributed by atoms with Crippen LogP contribution < -0.4 is 5.32 Å². The van der Waals surface area contributed by atoms with Crippen molar-refractivity contribution < 1.29 is 24.5 Å². The number of hydrogen-bond donors (Lipinski definition) is 3. The average molecular weight is 1160 g/mol. The molecule has 2 atom stereocenters. The van der Waals surface area contributed by atoms with Crippen molar-refractivity contribution in [2.45, 2.75) is 450 Å². The Morgan fingerprint density at radius 3 is 0.866 bits per heavy atom. The largest absolute Gasteiger partial charge is 0.466 e. The summed E-state index contributed by atoms with van der Waals surface area (Å²) < 4.78 is 5.51. The van der Waals surface area contributed by atoms with Gasteiger partial charge in [0, 0.05) is 12.8 Å². The number of hydrogen-bond acceptors (Lipinski definition) is 5. The summed E-state index contributed by atoms with van der Waals surface area (Å²) in [5.74, 6) is -0.00698. The molecule has 3 N–H and O–H groups in total. The Balaban J connectivity index is 3.26. The van der Waals surface area contributed by atoms with E-state index in [0.717, 1.165) is 38.5 Å². The zero-order valence-corrected chi connectivity index (χ0v) is 56.0. The van der Waals surface area contributed by atoms with E-state index in [4.69, 9.17) is 4.74 Å². The SMILES string of the molecule is CCCCCCCCC/C=C\CCCCCCCCCC(=O)OCCCCCCCCCCCCCCCCCCCCCCCCCCCCCCCCCCCCCCCC(=O)NC(CO)C(O)CCCCCCCCCCCC. The molecule has 0 spiro atoms. The molecule has 2 unspecified atom stereocenters. The van der Waals surface area contributed by atoms with Gasteiger partial charge in [0.15, 0.2) is 0 Å². The molecule has 0 aliphatic heterocycles. The highest BCUT2D eigenvalue weighted by molar-refractivity contribution is 5.76. The Morgan fingerprint density at radius 1 is 0.329 bits per heavy atom. The fraction of sp³-hybridized carbons (Fsp3) is 0.947. The standard InChI is InChI=1S/C76H149NO5/c1-3-5-7-9-11-13-15-16-17-18-41-44-47-50-54-58-62-66-70-76(81)82-71-67-63-59-55-51-48-45-42-39-37-35-33-31-29-27-25-23-21-19-20-22-24-26-28-30-32-34-36-38-40-43-46-49-53-57-61-65-69-75(80)77-73(72-78)74(79)68-64-60-56-52-14-12-10-8-6-4-2/h17-18,73-74,78-79H,3-16,19-72H2,1-2H3,(H,77,80)/b18-17-. The number of amides is 1. The molecule has 0 saturated carbocycles. The van der Waals surface area contributed by atoms with Crippen LogP contribution in [0.3, 0.4) is 0 Å². The van der Waals surface area contributed by atoms with E-state index < -0.39 is 12.1 Å². The van der Waals surface area contributed by atoms with Gasteiger partial charge in [-0.1, -0.05) is 386 Å². The molecule has 0 radical (unpaired) electrons. The Morgan fingerprint density at radius 2 is 0.573 bits per heavy atom. The number of allylic oxidation sites excluding steroid dienone is 2. The van der Waals surface area contributed by atoms with Gasteiger partial charge in [-0.3, -0.25) is 9.59 Å². The van der Waals surface area contributed by atoms with E-state index in [1.54, 1.807) is 0 Å². The Labute approximate surface area is 514 Å². The summed E-state index contributed by atoms with van der Waals surface area (Å²) >= 11 is 0. The second-order valence-corrected chi connectivity index (χ2v) is 26.3. The van der Waals surface area contributed by atoms with E-state index in [1.165, 1.54) is 366 Å². The molecule has 0 bridgehead atoms. The van der Waals surface area contributed by atoms with Crippen molar-refractivity contribution in [2.75, 3.05) is 13.2 Å². The fourth-order valence-electron chi connectivity index (χ4n) is 12.3. The second kappa shape index (κ2) is 72.1. The van der Waals surface area contributed by atoms with Crippen molar-refractivity contribution >= 4 is 11.9 Å². The lowest BCUT2D eigenvalue weighted by Crippen LogP contribution is -2.45. The minimum atomic E-state index is -0.657. The molecule has 82 heavy (non-hydrogen) atoms. The minimum Gasteiger partial charge on any atom is -0.466 e. The lowest BCUT2D eigenvalue weighted by Gasteiger charge is -2.22. The Kier molecular flexibility index (Phi) is 70.8. The van der Waals surface area contributed by atoms with Crippen LogP contribution in [0.2, 0.25) is 0 Å². The van der Waals surface area contributed by atoms with Crippen molar-refractivity contribution in [2.24, 2.45) is 0 Å². The lowest BCUT2D eigenvalue weighted by molar-refractivity contribution is -0.143. The minimum absolute atomic E-state index is 0.0214. The summed E-state index contributed by atoms with van der Waals surface area (Å²) in [6, 6.07) is -0.534. The Hall–Kier alpha value is -1.40. The fourth-order valence-corrected chi connectivity index (χ4v) is 12.3. The number of ether oxygens (including phenoxy) is 1. The number of esters is 1. The molecular weight excluding hydrogens is 1010 g/mol. The number of aliphatic hydroxyl groups is 2. The molecule has 6 heteroatoms. The maximum atomic E-state index is 12.5. The monoisotopic (exact) mass is 1160 g/mol. The van der Waals surface area contributed by atoms with E-state index >= 15 is 0 Å². The van der Waals surface area contributed by atoms with Crippen molar-refractivity contribution in [1.29, 1.82) is 0 Å². The van der Waals surface area contributed by atoms with Gasteiger partial charge in [0.2, 0.25) is 5.91 Å². The van der Waals surface area contributed by atoms with Crippen LogP contribution in [-0.2, 0) is 14.3 Å². The summed E-state index contributed by atoms with van der Waals surface area (Å²) in [5, 5.41) is 23.2. The first kappa shape index (κ1) is 80.6. The van der Waals surface area contributed by atoms with Crippen molar-refractivity contribution in [3.63, 3.8) is 0 Å². The smallest absolute Gasteiger partial charge is 0.305 e. The zero-order chi connectivity index (χ0) is 59.2. The van der Waals surface area contributed by atoms with Crippen LogP contribution in [0.25, 0.3) is 0 Å². The number of nitrogens with one attached hydrogen (secondary N) is 1. The molecule has 0 aliphatic carbocycles. The quantitative estimate of drug-likeness (QED) is 0.0320. The first-order valence-electron chi connectivity index (χ1n) is 37.9. The lowest BCUT2D eigenvalue weighted by atomic mass is 10.0. The summed E-state index contributed by atoms with van der Waals surface area (Å²) in [7, 11) is 0. The third-order valence-corrected chi connectivity index (χ3v) is 18.1. The predicted octanol–water partition coefficient (Wildman–Crippen LogP) is 24.7. The molecule has 0 aromatic heterocycles. The molecular formula is C76H149NO5. The normalized spacial score (nSPS) is 12.5. The first-order valence-corrected chi connectivity index (χ1v) is 37.9. The van der Waals surface area contributed by atoms with Crippen molar-refractivity contribution in [3.8, 4) is 0 Å². The van der Waals surface area contributed by atoms with E-state index in [0.29, 0.717) is 25.9 Å². The third-order valence-electron chi connectivity index (χ3n) is 18.1. The number of carbonyl (C=O) groups excluding carboxylic acids is 2. The van der Waals surface area contributed by atoms with Crippen LogP contribution in [0.5, 0.6) is 0 Å². The van der Waals surface area contributed by atoms with Crippen LogP contribution in [0.1, 0.15) is 438 Å². The molecule has 0 fully saturated rings. The van der Waals surface area contributed by atoms with Gasteiger partial charge in [-0.15, -0.1) is 0 Å². The number of unbranched alkanes of at least 4 members (excludes halogenated alkanes) is 59. The van der Waals surface area contributed by atoms with Crippen LogP contribution >= 0.6 is 0 Å². The number of carbonyl (C=O) groups is 2. The third kappa shape index (κ3) is 67.7.